The van der Waals surface area contributed by atoms with Gasteiger partial charge in [0.15, 0.2) is 5.75 Å². The summed E-state index contributed by atoms with van der Waals surface area (Å²) in [7, 11) is 0. The van der Waals surface area contributed by atoms with Gasteiger partial charge in [0.1, 0.15) is 0 Å². The zero-order valence-corrected chi connectivity index (χ0v) is 14.6. The molecule has 0 bridgehead atoms. The molecule has 0 unspecified atom stereocenters. The first-order valence-corrected chi connectivity index (χ1v) is 8.95. The Labute approximate surface area is 153 Å². The van der Waals surface area contributed by atoms with Crippen molar-refractivity contribution in [1.82, 2.24) is 0 Å². The van der Waals surface area contributed by atoms with E-state index in [1.54, 1.807) is 6.07 Å². The van der Waals surface area contributed by atoms with Crippen LogP contribution < -0.4 is 9.64 Å². The number of carbonyl (C=O) groups is 2. The molecule has 1 fully saturated rings. The molecule has 0 saturated carbocycles. The Kier molecular flexibility index (Phi) is 5.89. The second-order valence-corrected chi connectivity index (χ2v) is 6.55. The van der Waals surface area contributed by atoms with E-state index in [9.17, 15) is 14.7 Å². The molecule has 3 rings (SSSR count). The van der Waals surface area contributed by atoms with Crippen molar-refractivity contribution in [2.45, 2.75) is 31.6 Å². The number of carboxylic acids is 1. The quantitative estimate of drug-likeness (QED) is 0.605. The van der Waals surface area contributed by atoms with Gasteiger partial charge in [-0.25, -0.2) is 0 Å². The van der Waals surface area contributed by atoms with E-state index in [0.29, 0.717) is 5.75 Å². The first-order valence-electron chi connectivity index (χ1n) is 8.95. The van der Waals surface area contributed by atoms with Gasteiger partial charge in [-0.1, -0.05) is 42.5 Å². The third-order valence-electron chi connectivity index (χ3n) is 4.64. The summed E-state index contributed by atoms with van der Waals surface area (Å²) in [6, 6.07) is 16.8. The lowest BCUT2D eigenvalue weighted by Gasteiger charge is -2.21. The summed E-state index contributed by atoms with van der Waals surface area (Å²) in [6.45, 7) is 1.92. The number of ether oxygens (including phenoxy) is 1. The summed E-state index contributed by atoms with van der Waals surface area (Å²) in [5.41, 5.74) is 1.76. The maximum Gasteiger partial charge on any atom is 0.311 e. The summed E-state index contributed by atoms with van der Waals surface area (Å²) >= 11 is 0. The van der Waals surface area contributed by atoms with Crippen molar-refractivity contribution in [2.24, 2.45) is 0 Å². The van der Waals surface area contributed by atoms with Crippen LogP contribution in [-0.2, 0) is 9.59 Å². The van der Waals surface area contributed by atoms with E-state index in [1.165, 1.54) is 0 Å². The van der Waals surface area contributed by atoms with Crippen LogP contribution in [0.1, 0.15) is 37.2 Å². The number of aliphatic carboxylic acids is 1. The number of rotatable bonds is 7. The zero-order valence-electron chi connectivity index (χ0n) is 14.6. The number of carbonyl (C=O) groups excluding carboxylic acids is 1. The Morgan fingerprint density at radius 3 is 2.31 bits per heavy atom. The molecule has 0 amide bonds. The predicted molar refractivity (Wildman–Crippen MR) is 99.6 cm³/mol. The van der Waals surface area contributed by atoms with Crippen molar-refractivity contribution in [3.8, 4) is 5.75 Å². The van der Waals surface area contributed by atoms with E-state index in [1.807, 2.05) is 48.5 Å². The van der Waals surface area contributed by atoms with Gasteiger partial charge >= 0.3 is 11.9 Å². The molecule has 26 heavy (non-hydrogen) atoms. The van der Waals surface area contributed by atoms with Gasteiger partial charge in [-0.3, -0.25) is 9.59 Å². The molecule has 1 atom stereocenters. The average Bonchev–Trinajstić information content (AvgIpc) is 3.16. The van der Waals surface area contributed by atoms with Crippen LogP contribution in [-0.4, -0.2) is 30.1 Å². The minimum atomic E-state index is -0.927. The summed E-state index contributed by atoms with van der Waals surface area (Å²) in [5, 5.41) is 9.18. The number of hydrogen-bond donors (Lipinski definition) is 1. The number of para-hydroxylation sites is 2. The fraction of sp³-hybridized carbons (Fsp3) is 0.333. The van der Waals surface area contributed by atoms with Gasteiger partial charge in [0.2, 0.25) is 0 Å². The van der Waals surface area contributed by atoms with E-state index in [-0.39, 0.29) is 12.8 Å². The van der Waals surface area contributed by atoms with E-state index < -0.39 is 17.9 Å². The molecule has 0 aromatic heterocycles. The van der Waals surface area contributed by atoms with Crippen molar-refractivity contribution >= 4 is 17.6 Å². The number of carboxylic acid groups (broad SMARTS) is 1. The van der Waals surface area contributed by atoms with E-state index >= 15 is 0 Å². The summed E-state index contributed by atoms with van der Waals surface area (Å²) < 4.78 is 5.62. The minimum Gasteiger partial charge on any atom is -0.481 e. The van der Waals surface area contributed by atoms with Crippen LogP contribution in [0, 0.1) is 0 Å². The van der Waals surface area contributed by atoms with Crippen LogP contribution >= 0.6 is 0 Å². The Morgan fingerprint density at radius 1 is 0.962 bits per heavy atom. The smallest absolute Gasteiger partial charge is 0.311 e. The third kappa shape index (κ3) is 4.63. The van der Waals surface area contributed by atoms with E-state index in [4.69, 9.17) is 4.74 Å². The second kappa shape index (κ2) is 8.52. The topological polar surface area (TPSA) is 66.8 Å². The van der Waals surface area contributed by atoms with Crippen molar-refractivity contribution in [2.75, 3.05) is 18.0 Å². The summed E-state index contributed by atoms with van der Waals surface area (Å²) in [6.07, 6.45) is 2.20. The highest BCUT2D eigenvalue weighted by Crippen LogP contribution is 2.32. The van der Waals surface area contributed by atoms with Gasteiger partial charge in [-0.05, 0) is 30.5 Å². The van der Waals surface area contributed by atoms with Crippen molar-refractivity contribution in [3.63, 3.8) is 0 Å². The molecule has 1 aliphatic rings. The van der Waals surface area contributed by atoms with E-state index in [2.05, 4.69) is 4.90 Å². The van der Waals surface area contributed by atoms with Gasteiger partial charge in [0.25, 0.3) is 0 Å². The van der Waals surface area contributed by atoms with Gasteiger partial charge in [-0.2, -0.15) is 0 Å². The maximum absolute atomic E-state index is 12.5. The van der Waals surface area contributed by atoms with Crippen LogP contribution in [0.15, 0.2) is 54.6 Å². The number of hydrogen-bond acceptors (Lipinski definition) is 4. The van der Waals surface area contributed by atoms with Gasteiger partial charge in [0.05, 0.1) is 18.5 Å². The highest BCUT2D eigenvalue weighted by Gasteiger charge is 2.22. The average molecular weight is 353 g/mol. The largest absolute Gasteiger partial charge is 0.481 e. The van der Waals surface area contributed by atoms with Crippen LogP contribution in [0.25, 0.3) is 0 Å². The lowest BCUT2D eigenvalue weighted by atomic mass is 9.92. The molecule has 5 heteroatoms. The Bertz CT molecular complexity index is 754. The zero-order chi connectivity index (χ0) is 18.4. The lowest BCUT2D eigenvalue weighted by molar-refractivity contribution is -0.138. The third-order valence-corrected chi connectivity index (χ3v) is 4.64. The maximum atomic E-state index is 12.5. The van der Waals surface area contributed by atoms with Crippen LogP contribution in [0.3, 0.4) is 0 Å². The molecule has 1 heterocycles. The number of esters is 1. The first-order chi connectivity index (χ1) is 12.6. The highest BCUT2D eigenvalue weighted by atomic mass is 16.5. The first kappa shape index (κ1) is 18.0. The van der Waals surface area contributed by atoms with Crippen molar-refractivity contribution in [1.29, 1.82) is 0 Å². The molecule has 0 aliphatic carbocycles. The standard InChI is InChI=1S/C21H23NO4/c23-20(24)14-17(16-8-2-1-3-9-16)15-21(25)26-19-11-5-4-10-18(19)22-12-6-7-13-22/h1-5,8-11,17H,6-7,12-15H2,(H,23,24)/t17-/m1/s1. The molecular formula is C21H23NO4. The van der Waals surface area contributed by atoms with Crippen LogP contribution in [0.4, 0.5) is 5.69 Å². The molecular weight excluding hydrogens is 330 g/mol. The summed E-state index contributed by atoms with van der Waals surface area (Å²) in [4.78, 5) is 25.9. The molecule has 0 spiro atoms. The molecule has 136 valence electrons. The summed E-state index contributed by atoms with van der Waals surface area (Å²) in [5.74, 6) is -1.20. The fourth-order valence-corrected chi connectivity index (χ4v) is 3.37. The van der Waals surface area contributed by atoms with Crippen molar-refractivity contribution in [3.05, 3.63) is 60.2 Å². The van der Waals surface area contributed by atoms with Crippen LogP contribution in [0.2, 0.25) is 0 Å². The molecule has 0 radical (unpaired) electrons. The fourth-order valence-electron chi connectivity index (χ4n) is 3.37. The predicted octanol–water partition coefficient (Wildman–Crippen LogP) is 3.84. The van der Waals surface area contributed by atoms with Gasteiger partial charge < -0.3 is 14.7 Å². The normalized spacial score (nSPS) is 14.8. The Balaban J connectivity index is 1.72. The van der Waals surface area contributed by atoms with Gasteiger partial charge in [-0.15, -0.1) is 0 Å². The SMILES string of the molecule is O=C(O)C[C@H](CC(=O)Oc1ccccc1N1CCCC1)c1ccccc1. The molecule has 2 aromatic carbocycles. The molecule has 1 N–H and O–H groups in total. The minimum absolute atomic E-state index is 0.0324. The number of benzene rings is 2. The van der Waals surface area contributed by atoms with E-state index in [0.717, 1.165) is 37.2 Å². The van der Waals surface area contributed by atoms with Crippen molar-refractivity contribution < 1.29 is 19.4 Å². The lowest BCUT2D eigenvalue weighted by Crippen LogP contribution is -2.20. The molecule has 2 aromatic rings. The monoisotopic (exact) mass is 353 g/mol. The molecule has 1 saturated heterocycles. The second-order valence-electron chi connectivity index (χ2n) is 6.55. The molecule has 5 nitrogen and oxygen atoms in total. The number of nitrogens with zero attached hydrogens (tertiary/aromatic N) is 1. The Morgan fingerprint density at radius 2 is 1.62 bits per heavy atom. The Hall–Kier alpha value is -2.82. The highest BCUT2D eigenvalue weighted by molar-refractivity contribution is 5.77. The van der Waals surface area contributed by atoms with Crippen LogP contribution in [0.5, 0.6) is 5.75 Å². The molecule has 1 aliphatic heterocycles. The number of anilines is 1. The van der Waals surface area contributed by atoms with Gasteiger partial charge in [0, 0.05) is 19.0 Å².